The fraction of sp³-hybridized carbons (Fsp3) is 0.500. The number of amides is 1. The second kappa shape index (κ2) is 5.96. The summed E-state index contributed by atoms with van der Waals surface area (Å²) < 4.78 is 5.25. The topological polar surface area (TPSA) is 62.1 Å². The maximum absolute atomic E-state index is 12.6. The first kappa shape index (κ1) is 14.4. The van der Waals surface area contributed by atoms with Gasteiger partial charge in [0.2, 0.25) is 5.91 Å². The van der Waals surface area contributed by atoms with Crippen LogP contribution in [0.15, 0.2) is 18.2 Å². The number of nitrogens with zero attached hydrogens (tertiary/aromatic N) is 1. The van der Waals surface area contributed by atoms with Gasteiger partial charge in [-0.05, 0) is 31.4 Å². The summed E-state index contributed by atoms with van der Waals surface area (Å²) in [5, 5.41) is 11.9. The Bertz CT molecular complexity index is 540. The number of carbonyl (C=O) groups is 1. The zero-order valence-electron chi connectivity index (χ0n) is 12.0. The van der Waals surface area contributed by atoms with Gasteiger partial charge in [0.25, 0.3) is 0 Å². The van der Waals surface area contributed by atoms with Crippen LogP contribution in [-0.4, -0.2) is 13.0 Å². The second-order valence-electron chi connectivity index (χ2n) is 5.32. The molecule has 1 aromatic rings. The lowest BCUT2D eigenvalue weighted by Crippen LogP contribution is -2.33. The molecule has 1 aliphatic rings. The van der Waals surface area contributed by atoms with Gasteiger partial charge in [0, 0.05) is 11.5 Å². The number of nitriles is 1. The van der Waals surface area contributed by atoms with E-state index in [4.69, 9.17) is 10.00 Å². The van der Waals surface area contributed by atoms with Crippen LogP contribution in [0.5, 0.6) is 5.75 Å². The first-order chi connectivity index (χ1) is 9.65. The zero-order valence-corrected chi connectivity index (χ0v) is 12.0. The average Bonchev–Trinajstić information content (AvgIpc) is 2.97. The molecular weight excluding hydrogens is 252 g/mol. The van der Waals surface area contributed by atoms with E-state index in [1.54, 1.807) is 18.2 Å². The average molecular weight is 272 g/mol. The summed E-state index contributed by atoms with van der Waals surface area (Å²) in [6, 6.07) is 7.12. The van der Waals surface area contributed by atoms with E-state index in [0.717, 1.165) is 32.1 Å². The highest BCUT2D eigenvalue weighted by Crippen LogP contribution is 2.42. The van der Waals surface area contributed by atoms with Crippen molar-refractivity contribution in [2.45, 2.75) is 39.0 Å². The van der Waals surface area contributed by atoms with E-state index >= 15 is 0 Å². The SMILES string of the molecule is CCC1(C(=O)Nc2ccc(C#N)cc2OC)CCCC1. The zero-order chi connectivity index (χ0) is 14.6. The molecule has 0 aliphatic heterocycles. The number of anilines is 1. The van der Waals surface area contributed by atoms with Crippen LogP contribution in [-0.2, 0) is 4.79 Å². The van der Waals surface area contributed by atoms with Crippen molar-refractivity contribution in [2.75, 3.05) is 12.4 Å². The summed E-state index contributed by atoms with van der Waals surface area (Å²) in [7, 11) is 1.54. The smallest absolute Gasteiger partial charge is 0.230 e. The third kappa shape index (κ3) is 2.62. The van der Waals surface area contributed by atoms with Crippen molar-refractivity contribution in [1.29, 1.82) is 5.26 Å². The monoisotopic (exact) mass is 272 g/mol. The number of hydrogen-bond donors (Lipinski definition) is 1. The number of ether oxygens (including phenoxy) is 1. The Balaban J connectivity index is 2.21. The molecule has 0 bridgehead atoms. The molecule has 2 rings (SSSR count). The summed E-state index contributed by atoms with van der Waals surface area (Å²) >= 11 is 0. The van der Waals surface area contributed by atoms with Crippen LogP contribution >= 0.6 is 0 Å². The van der Waals surface area contributed by atoms with Crippen LogP contribution < -0.4 is 10.1 Å². The molecule has 106 valence electrons. The second-order valence-corrected chi connectivity index (χ2v) is 5.32. The number of nitrogens with one attached hydrogen (secondary N) is 1. The number of carbonyl (C=O) groups excluding carboxylic acids is 1. The molecular formula is C16H20N2O2. The molecule has 1 N–H and O–H groups in total. The predicted octanol–water partition coefficient (Wildman–Crippen LogP) is 3.48. The Morgan fingerprint density at radius 3 is 2.70 bits per heavy atom. The minimum atomic E-state index is -0.237. The lowest BCUT2D eigenvalue weighted by molar-refractivity contribution is -0.125. The predicted molar refractivity (Wildman–Crippen MR) is 77.5 cm³/mol. The fourth-order valence-corrected chi connectivity index (χ4v) is 2.91. The lowest BCUT2D eigenvalue weighted by atomic mass is 9.82. The molecule has 0 radical (unpaired) electrons. The van der Waals surface area contributed by atoms with Crippen molar-refractivity contribution < 1.29 is 9.53 Å². The number of methoxy groups -OCH3 is 1. The largest absolute Gasteiger partial charge is 0.495 e. The molecule has 4 heteroatoms. The lowest BCUT2D eigenvalue weighted by Gasteiger charge is -2.26. The van der Waals surface area contributed by atoms with Gasteiger partial charge in [-0.3, -0.25) is 4.79 Å². The van der Waals surface area contributed by atoms with E-state index in [-0.39, 0.29) is 11.3 Å². The van der Waals surface area contributed by atoms with Crippen molar-refractivity contribution in [3.8, 4) is 11.8 Å². The fourth-order valence-electron chi connectivity index (χ4n) is 2.91. The summed E-state index contributed by atoms with van der Waals surface area (Å²) in [6.07, 6.45) is 5.00. The summed E-state index contributed by atoms with van der Waals surface area (Å²) in [5.41, 5.74) is 0.918. The van der Waals surface area contributed by atoms with Crippen molar-refractivity contribution in [3.63, 3.8) is 0 Å². The molecule has 1 aromatic carbocycles. The third-order valence-corrected chi connectivity index (χ3v) is 4.30. The Kier molecular flexibility index (Phi) is 4.29. The van der Waals surface area contributed by atoms with Crippen molar-refractivity contribution in [1.82, 2.24) is 0 Å². The summed E-state index contributed by atoms with van der Waals surface area (Å²) in [6.45, 7) is 2.07. The minimum absolute atomic E-state index is 0.0699. The van der Waals surface area contributed by atoms with Gasteiger partial charge in [-0.2, -0.15) is 5.26 Å². The molecule has 1 aliphatic carbocycles. The van der Waals surface area contributed by atoms with Gasteiger partial charge in [-0.15, -0.1) is 0 Å². The number of rotatable bonds is 4. The molecule has 0 spiro atoms. The van der Waals surface area contributed by atoms with Crippen LogP contribution in [0.25, 0.3) is 0 Å². The third-order valence-electron chi connectivity index (χ3n) is 4.30. The number of benzene rings is 1. The highest BCUT2D eigenvalue weighted by atomic mass is 16.5. The molecule has 20 heavy (non-hydrogen) atoms. The maximum Gasteiger partial charge on any atom is 0.230 e. The van der Waals surface area contributed by atoms with Gasteiger partial charge in [0.05, 0.1) is 24.4 Å². The van der Waals surface area contributed by atoms with Crippen LogP contribution in [0.1, 0.15) is 44.6 Å². The highest BCUT2D eigenvalue weighted by molar-refractivity contribution is 5.96. The van der Waals surface area contributed by atoms with Gasteiger partial charge in [-0.25, -0.2) is 0 Å². The van der Waals surface area contributed by atoms with E-state index < -0.39 is 0 Å². The van der Waals surface area contributed by atoms with Crippen LogP contribution in [0.3, 0.4) is 0 Å². The quantitative estimate of drug-likeness (QED) is 0.912. The molecule has 0 atom stereocenters. The van der Waals surface area contributed by atoms with E-state index in [1.165, 1.54) is 7.11 Å². The molecule has 1 saturated carbocycles. The molecule has 4 nitrogen and oxygen atoms in total. The van der Waals surface area contributed by atoms with E-state index in [2.05, 4.69) is 18.3 Å². The van der Waals surface area contributed by atoms with Gasteiger partial charge < -0.3 is 10.1 Å². The molecule has 1 fully saturated rings. The van der Waals surface area contributed by atoms with Crippen molar-refractivity contribution >= 4 is 11.6 Å². The normalized spacial score (nSPS) is 16.4. The van der Waals surface area contributed by atoms with E-state index in [1.807, 2.05) is 0 Å². The first-order valence-electron chi connectivity index (χ1n) is 7.05. The van der Waals surface area contributed by atoms with E-state index in [9.17, 15) is 4.79 Å². The summed E-state index contributed by atoms with van der Waals surface area (Å²) in [4.78, 5) is 12.6. The first-order valence-corrected chi connectivity index (χ1v) is 7.05. The highest BCUT2D eigenvalue weighted by Gasteiger charge is 2.39. The Labute approximate surface area is 119 Å². The van der Waals surface area contributed by atoms with Gasteiger partial charge >= 0.3 is 0 Å². The van der Waals surface area contributed by atoms with Gasteiger partial charge in [0.1, 0.15) is 5.75 Å². The minimum Gasteiger partial charge on any atom is -0.495 e. The summed E-state index contributed by atoms with van der Waals surface area (Å²) in [5.74, 6) is 0.599. The molecule has 0 heterocycles. The Morgan fingerprint density at radius 2 is 2.15 bits per heavy atom. The molecule has 0 aromatic heterocycles. The van der Waals surface area contributed by atoms with Crippen molar-refractivity contribution in [3.05, 3.63) is 23.8 Å². The van der Waals surface area contributed by atoms with Crippen LogP contribution in [0.2, 0.25) is 0 Å². The van der Waals surface area contributed by atoms with Crippen LogP contribution in [0.4, 0.5) is 5.69 Å². The van der Waals surface area contributed by atoms with Gasteiger partial charge in [0.15, 0.2) is 0 Å². The van der Waals surface area contributed by atoms with Crippen molar-refractivity contribution in [2.24, 2.45) is 5.41 Å². The Morgan fingerprint density at radius 1 is 1.45 bits per heavy atom. The molecule has 0 saturated heterocycles. The van der Waals surface area contributed by atoms with Gasteiger partial charge in [-0.1, -0.05) is 19.8 Å². The number of hydrogen-bond acceptors (Lipinski definition) is 3. The standard InChI is InChI=1S/C16H20N2O2/c1-3-16(8-4-5-9-16)15(19)18-13-7-6-12(11-17)10-14(13)20-2/h6-7,10H,3-5,8-9H2,1-2H3,(H,18,19). The molecule has 0 unspecified atom stereocenters. The van der Waals surface area contributed by atoms with E-state index in [0.29, 0.717) is 17.0 Å². The molecule has 1 amide bonds. The maximum atomic E-state index is 12.6. The van der Waals surface area contributed by atoms with Crippen LogP contribution in [0, 0.1) is 16.7 Å². The Hall–Kier alpha value is -2.02.